The molecule has 19 heavy (non-hydrogen) atoms. The molecule has 0 spiro atoms. The van der Waals surface area contributed by atoms with Crippen molar-refractivity contribution in [3.8, 4) is 0 Å². The Hall–Kier alpha value is -0.887. The van der Waals surface area contributed by atoms with Crippen molar-refractivity contribution >= 4 is 28.3 Å². The van der Waals surface area contributed by atoms with Crippen molar-refractivity contribution in [1.29, 1.82) is 0 Å². The molecule has 0 N–H and O–H groups in total. The molecule has 0 saturated carbocycles. The molecule has 0 atom stereocenters. The summed E-state index contributed by atoms with van der Waals surface area (Å²) in [6.07, 6.45) is 0. The van der Waals surface area contributed by atoms with Crippen LogP contribution in [-0.2, 0) is 0 Å². The molecule has 2 aromatic rings. The van der Waals surface area contributed by atoms with Crippen molar-refractivity contribution in [3.05, 3.63) is 59.7 Å². The Labute approximate surface area is 119 Å². The molecule has 0 aromatic heterocycles. The van der Waals surface area contributed by atoms with Gasteiger partial charge in [-0.2, -0.15) is 0 Å². The van der Waals surface area contributed by atoms with Gasteiger partial charge in [0.05, 0.1) is 0 Å². The first kappa shape index (κ1) is 14.5. The van der Waals surface area contributed by atoms with Gasteiger partial charge in [0.1, 0.15) is 0 Å². The van der Waals surface area contributed by atoms with Crippen LogP contribution < -0.4 is 6.54 Å². The maximum atomic E-state index is 13.4. The summed E-state index contributed by atoms with van der Waals surface area (Å²) in [5, 5.41) is 0. The van der Waals surface area contributed by atoms with Gasteiger partial charge in [-0.05, 0) is 0 Å². The molecule has 0 saturated heterocycles. The van der Waals surface area contributed by atoms with Gasteiger partial charge in [0.15, 0.2) is 0 Å². The van der Waals surface area contributed by atoms with Crippen LogP contribution in [0.5, 0.6) is 0 Å². The van der Waals surface area contributed by atoms with Crippen molar-refractivity contribution in [2.75, 3.05) is 0 Å². The molecule has 2 rings (SSSR count). The van der Waals surface area contributed by atoms with Crippen molar-refractivity contribution in [2.24, 2.45) is 0 Å². The van der Waals surface area contributed by atoms with E-state index in [1.807, 2.05) is 13.8 Å². The second kappa shape index (κ2) is 5.62. The summed E-state index contributed by atoms with van der Waals surface area (Å²) in [6, 6.07) is 13.6. The van der Waals surface area contributed by atoms with Crippen molar-refractivity contribution < 1.29 is 13.2 Å². The molecule has 0 aliphatic rings. The quantitative estimate of drug-likeness (QED) is 0.605. The SMILES string of the molecule is Cc1cc[c]([Bi]([c]2ccc(C)cc2)[C](F)(F)F)cc1. The van der Waals surface area contributed by atoms with E-state index in [1.54, 1.807) is 48.5 Å². The summed E-state index contributed by atoms with van der Waals surface area (Å²) >= 11 is -3.94. The van der Waals surface area contributed by atoms with Crippen LogP contribution in [-0.4, -0.2) is 25.6 Å². The van der Waals surface area contributed by atoms with E-state index in [4.69, 9.17) is 0 Å². The Morgan fingerprint density at radius 3 is 1.26 bits per heavy atom. The van der Waals surface area contributed by atoms with Crippen LogP contribution in [0.1, 0.15) is 11.1 Å². The van der Waals surface area contributed by atoms with Gasteiger partial charge in [-0.15, -0.1) is 0 Å². The summed E-state index contributed by atoms with van der Waals surface area (Å²) in [4.78, 5) is 0. The Balaban J connectivity index is 2.47. The van der Waals surface area contributed by atoms with E-state index in [-0.39, 0.29) is 0 Å². The fourth-order valence-electron chi connectivity index (χ4n) is 1.83. The van der Waals surface area contributed by atoms with Gasteiger partial charge < -0.3 is 0 Å². The van der Waals surface area contributed by atoms with Gasteiger partial charge >= 0.3 is 119 Å². The summed E-state index contributed by atoms with van der Waals surface area (Å²) in [5.74, 6) is 0. The molecule has 0 bridgehead atoms. The third kappa shape index (κ3) is 3.56. The second-order valence-corrected chi connectivity index (χ2v) is 13.1. The normalized spacial score (nSPS) is 11.9. The number of aryl methyl sites for hydroxylation is 2. The Morgan fingerprint density at radius 2 is 1.00 bits per heavy atom. The van der Waals surface area contributed by atoms with Crippen molar-refractivity contribution in [3.63, 3.8) is 0 Å². The van der Waals surface area contributed by atoms with Crippen LogP contribution in [0.4, 0.5) is 13.2 Å². The van der Waals surface area contributed by atoms with Gasteiger partial charge in [-0.25, -0.2) is 0 Å². The molecule has 2 aromatic carbocycles. The van der Waals surface area contributed by atoms with Gasteiger partial charge in [-0.3, -0.25) is 0 Å². The number of benzene rings is 2. The fraction of sp³-hybridized carbons (Fsp3) is 0.200. The molecule has 0 radical (unpaired) electrons. The van der Waals surface area contributed by atoms with E-state index < -0.39 is 25.6 Å². The third-order valence-corrected chi connectivity index (χ3v) is 11.1. The zero-order chi connectivity index (χ0) is 14.0. The van der Waals surface area contributed by atoms with Gasteiger partial charge in [0.25, 0.3) is 0 Å². The summed E-state index contributed by atoms with van der Waals surface area (Å²) in [5.41, 5.74) is 1.97. The Kier molecular flexibility index (Phi) is 4.30. The topological polar surface area (TPSA) is 0 Å². The van der Waals surface area contributed by atoms with Gasteiger partial charge in [-0.1, -0.05) is 0 Å². The zero-order valence-electron chi connectivity index (χ0n) is 10.7. The molecule has 0 amide bonds. The van der Waals surface area contributed by atoms with Crippen LogP contribution in [0.25, 0.3) is 0 Å². The first-order chi connectivity index (χ1) is 8.88. The van der Waals surface area contributed by atoms with Gasteiger partial charge in [0, 0.05) is 0 Å². The molecule has 100 valence electrons. The number of alkyl halides is 3. The van der Waals surface area contributed by atoms with Crippen LogP contribution in [0, 0.1) is 13.8 Å². The van der Waals surface area contributed by atoms with E-state index in [1.165, 1.54) is 0 Å². The monoisotopic (exact) mass is 460 g/mol. The maximum absolute atomic E-state index is 13.4. The molecular formula is C15H14BiF3. The molecule has 0 unspecified atom stereocenters. The Bertz CT molecular complexity index is 496. The number of rotatable bonds is 2. The molecule has 0 heterocycles. The predicted octanol–water partition coefficient (Wildman–Crippen LogP) is 3.01. The van der Waals surface area contributed by atoms with E-state index in [0.29, 0.717) is 6.54 Å². The number of hydrogen-bond acceptors (Lipinski definition) is 0. The van der Waals surface area contributed by atoms with E-state index in [9.17, 15) is 13.2 Å². The van der Waals surface area contributed by atoms with E-state index in [2.05, 4.69) is 0 Å². The average Bonchev–Trinajstić information content (AvgIpc) is 2.33. The van der Waals surface area contributed by atoms with Gasteiger partial charge in [0.2, 0.25) is 0 Å². The molecule has 0 aliphatic carbocycles. The molecule has 0 nitrogen and oxygen atoms in total. The minimum absolute atomic E-state index is 0.483. The van der Waals surface area contributed by atoms with Crippen LogP contribution in [0.3, 0.4) is 0 Å². The summed E-state index contributed by atoms with van der Waals surface area (Å²) < 4.78 is 37.0. The fourth-order valence-corrected chi connectivity index (χ4v) is 8.74. The van der Waals surface area contributed by atoms with Crippen molar-refractivity contribution in [2.45, 2.75) is 17.7 Å². The molecule has 4 heteroatoms. The first-order valence-corrected chi connectivity index (χ1v) is 11.1. The van der Waals surface area contributed by atoms with Crippen molar-refractivity contribution in [1.82, 2.24) is 0 Å². The standard InChI is InChI=1S/2C7H7.CF3.Bi/c2*1-7-5-3-2-4-6-7;2-1(3)4;/h2*3-6H,1H3;;. The first-order valence-electron chi connectivity index (χ1n) is 5.88. The minimum atomic E-state index is -4.08. The predicted molar refractivity (Wildman–Crippen MR) is 73.4 cm³/mol. The van der Waals surface area contributed by atoms with E-state index >= 15 is 0 Å². The summed E-state index contributed by atoms with van der Waals surface area (Å²) in [7, 11) is 0. The number of halogens is 3. The molecule has 0 aliphatic heterocycles. The molecular weight excluding hydrogens is 446 g/mol. The third-order valence-electron chi connectivity index (χ3n) is 2.84. The number of hydrogen-bond donors (Lipinski definition) is 0. The molecule has 0 fully saturated rings. The zero-order valence-corrected chi connectivity index (χ0v) is 14.2. The van der Waals surface area contributed by atoms with E-state index in [0.717, 1.165) is 11.1 Å². The average molecular weight is 460 g/mol. The van der Waals surface area contributed by atoms with Crippen LogP contribution in [0.2, 0.25) is 0 Å². The summed E-state index contributed by atoms with van der Waals surface area (Å²) in [6.45, 7) is 3.76. The van der Waals surface area contributed by atoms with Crippen LogP contribution >= 0.6 is 0 Å². The Morgan fingerprint density at radius 1 is 0.684 bits per heavy atom. The second-order valence-electron chi connectivity index (χ2n) is 4.47. The van der Waals surface area contributed by atoms with Crippen LogP contribution in [0.15, 0.2) is 48.5 Å².